The van der Waals surface area contributed by atoms with Gasteiger partial charge in [-0.05, 0) is 44.8 Å². The van der Waals surface area contributed by atoms with E-state index in [-0.39, 0.29) is 5.60 Å². The molecule has 1 saturated carbocycles. The molecule has 3 aliphatic rings. The smallest absolute Gasteiger partial charge is 0.0951 e. The number of ether oxygens (including phenoxy) is 2. The zero-order valence-corrected chi connectivity index (χ0v) is 12.8. The maximum atomic E-state index is 6.01. The molecule has 0 aromatic heterocycles. The average Bonchev–Trinajstić information content (AvgIpc) is 2.88. The zero-order chi connectivity index (χ0) is 13.1. The molecule has 2 saturated heterocycles. The van der Waals surface area contributed by atoms with E-state index in [1.807, 2.05) is 11.8 Å². The summed E-state index contributed by atoms with van der Waals surface area (Å²) in [5.74, 6) is 0. The van der Waals surface area contributed by atoms with Gasteiger partial charge in [-0.15, -0.1) is 0 Å². The highest BCUT2D eigenvalue weighted by Crippen LogP contribution is 2.34. The molecule has 1 aliphatic carbocycles. The predicted octanol–water partition coefficient (Wildman–Crippen LogP) is 2.59. The van der Waals surface area contributed by atoms with Crippen molar-refractivity contribution in [3.05, 3.63) is 0 Å². The summed E-state index contributed by atoms with van der Waals surface area (Å²) < 4.78 is 11.6. The lowest BCUT2D eigenvalue weighted by atomic mass is 9.87. The normalized spacial score (nSPS) is 43.7. The van der Waals surface area contributed by atoms with Crippen LogP contribution in [0.4, 0.5) is 0 Å². The third-order valence-electron chi connectivity index (χ3n) is 5.04. The Labute approximate surface area is 121 Å². The molecular weight excluding hydrogens is 258 g/mol. The molecule has 3 rings (SSSR count). The number of nitrogens with one attached hydrogen (secondary N) is 1. The van der Waals surface area contributed by atoms with Gasteiger partial charge in [-0.3, -0.25) is 0 Å². The van der Waals surface area contributed by atoms with E-state index >= 15 is 0 Å². The molecule has 19 heavy (non-hydrogen) atoms. The summed E-state index contributed by atoms with van der Waals surface area (Å²) in [5.41, 5.74) is 0.0480. The first-order chi connectivity index (χ1) is 9.30. The van der Waals surface area contributed by atoms with Gasteiger partial charge in [0.15, 0.2) is 0 Å². The van der Waals surface area contributed by atoms with Crippen LogP contribution in [0.3, 0.4) is 0 Å². The first-order valence-corrected chi connectivity index (χ1v) is 9.09. The van der Waals surface area contributed by atoms with Crippen molar-refractivity contribution in [2.24, 2.45) is 0 Å². The van der Waals surface area contributed by atoms with E-state index in [4.69, 9.17) is 9.47 Å². The second kappa shape index (κ2) is 6.33. The van der Waals surface area contributed by atoms with Gasteiger partial charge < -0.3 is 14.8 Å². The third-order valence-corrected chi connectivity index (χ3v) is 6.18. The van der Waals surface area contributed by atoms with Crippen molar-refractivity contribution in [1.82, 2.24) is 5.32 Å². The minimum absolute atomic E-state index is 0.0480. The van der Waals surface area contributed by atoms with Gasteiger partial charge in [0.2, 0.25) is 0 Å². The van der Waals surface area contributed by atoms with Gasteiger partial charge in [0.1, 0.15) is 0 Å². The van der Waals surface area contributed by atoms with E-state index in [2.05, 4.69) is 11.6 Å². The van der Waals surface area contributed by atoms with E-state index in [1.54, 1.807) is 0 Å². The Balaban J connectivity index is 1.47. The van der Waals surface area contributed by atoms with Gasteiger partial charge in [-0.1, -0.05) is 0 Å². The number of thioether (sulfide) groups is 1. The molecule has 2 unspecified atom stereocenters. The van der Waals surface area contributed by atoms with Crippen LogP contribution in [0.1, 0.15) is 44.9 Å². The van der Waals surface area contributed by atoms with Crippen LogP contribution < -0.4 is 5.32 Å². The Kier molecular flexibility index (Phi) is 4.73. The summed E-state index contributed by atoms with van der Waals surface area (Å²) in [6.07, 6.45) is 11.1. The van der Waals surface area contributed by atoms with Crippen molar-refractivity contribution in [2.45, 2.75) is 67.9 Å². The van der Waals surface area contributed by atoms with E-state index in [9.17, 15) is 0 Å². The Morgan fingerprint density at radius 3 is 2.58 bits per heavy atom. The predicted molar refractivity (Wildman–Crippen MR) is 79.8 cm³/mol. The Morgan fingerprint density at radius 1 is 1.05 bits per heavy atom. The van der Waals surface area contributed by atoms with Crippen LogP contribution in [0.25, 0.3) is 0 Å². The molecule has 0 bridgehead atoms. The van der Waals surface area contributed by atoms with Gasteiger partial charge in [-0.25, -0.2) is 0 Å². The molecule has 0 aromatic carbocycles. The van der Waals surface area contributed by atoms with Crippen LogP contribution >= 0.6 is 11.8 Å². The highest BCUT2D eigenvalue weighted by Gasteiger charge is 2.41. The standard InChI is InChI=1S/C15H27NO2S/c1-19-14-4-2-12(3-5-14)16-13-6-8-18-15(10-13)7-9-17-11-15/h12-14,16H,2-11H2,1H3. The highest BCUT2D eigenvalue weighted by molar-refractivity contribution is 7.99. The summed E-state index contributed by atoms with van der Waals surface area (Å²) in [5, 5.41) is 4.81. The Bertz CT molecular complexity index is 286. The van der Waals surface area contributed by atoms with Crippen molar-refractivity contribution in [3.63, 3.8) is 0 Å². The largest absolute Gasteiger partial charge is 0.378 e. The molecule has 3 nitrogen and oxygen atoms in total. The van der Waals surface area contributed by atoms with Crippen LogP contribution in [0.2, 0.25) is 0 Å². The number of hydrogen-bond donors (Lipinski definition) is 1. The maximum absolute atomic E-state index is 6.01. The molecule has 110 valence electrons. The van der Waals surface area contributed by atoms with E-state index in [0.717, 1.165) is 44.0 Å². The minimum Gasteiger partial charge on any atom is -0.378 e. The SMILES string of the molecule is CSC1CCC(NC2CCOC3(CCOC3)C2)CC1. The summed E-state index contributed by atoms with van der Waals surface area (Å²) in [6, 6.07) is 1.39. The summed E-state index contributed by atoms with van der Waals surface area (Å²) in [4.78, 5) is 0. The summed E-state index contributed by atoms with van der Waals surface area (Å²) in [6.45, 7) is 2.59. The molecule has 1 spiro atoms. The Morgan fingerprint density at radius 2 is 1.89 bits per heavy atom. The number of rotatable bonds is 3. The van der Waals surface area contributed by atoms with Crippen LogP contribution in [-0.4, -0.2) is 49.0 Å². The van der Waals surface area contributed by atoms with Gasteiger partial charge in [0.05, 0.1) is 12.2 Å². The van der Waals surface area contributed by atoms with Gasteiger partial charge in [0.25, 0.3) is 0 Å². The fourth-order valence-electron chi connectivity index (χ4n) is 3.83. The summed E-state index contributed by atoms with van der Waals surface area (Å²) in [7, 11) is 0. The lowest BCUT2D eigenvalue weighted by Crippen LogP contribution is -2.50. The Hall–Kier alpha value is 0.230. The average molecular weight is 285 g/mol. The highest BCUT2D eigenvalue weighted by atomic mass is 32.2. The topological polar surface area (TPSA) is 30.5 Å². The van der Waals surface area contributed by atoms with Gasteiger partial charge >= 0.3 is 0 Å². The van der Waals surface area contributed by atoms with Gasteiger partial charge in [0, 0.05) is 37.0 Å². The van der Waals surface area contributed by atoms with Crippen molar-refractivity contribution < 1.29 is 9.47 Å². The van der Waals surface area contributed by atoms with E-state index in [1.165, 1.54) is 32.1 Å². The quantitative estimate of drug-likeness (QED) is 0.863. The second-order valence-corrected chi connectivity index (χ2v) is 7.54. The first-order valence-electron chi connectivity index (χ1n) is 7.80. The van der Waals surface area contributed by atoms with E-state index in [0.29, 0.717) is 6.04 Å². The fraction of sp³-hybridized carbons (Fsp3) is 1.00. The lowest BCUT2D eigenvalue weighted by Gasteiger charge is -2.40. The molecule has 2 atom stereocenters. The van der Waals surface area contributed by atoms with Crippen molar-refractivity contribution in [3.8, 4) is 0 Å². The molecule has 0 amide bonds. The van der Waals surface area contributed by atoms with Crippen LogP contribution in [-0.2, 0) is 9.47 Å². The zero-order valence-electron chi connectivity index (χ0n) is 12.0. The maximum Gasteiger partial charge on any atom is 0.0951 e. The molecule has 1 N–H and O–H groups in total. The molecule has 0 aromatic rings. The minimum atomic E-state index is 0.0480. The molecular formula is C15H27NO2S. The number of hydrogen-bond acceptors (Lipinski definition) is 4. The van der Waals surface area contributed by atoms with Crippen molar-refractivity contribution >= 4 is 11.8 Å². The third kappa shape index (κ3) is 3.46. The monoisotopic (exact) mass is 285 g/mol. The fourth-order valence-corrected chi connectivity index (χ4v) is 4.58. The molecule has 2 heterocycles. The van der Waals surface area contributed by atoms with Crippen molar-refractivity contribution in [2.75, 3.05) is 26.1 Å². The molecule has 0 radical (unpaired) electrons. The molecule has 2 aliphatic heterocycles. The van der Waals surface area contributed by atoms with E-state index < -0.39 is 0 Å². The van der Waals surface area contributed by atoms with Gasteiger partial charge in [-0.2, -0.15) is 11.8 Å². The summed E-state index contributed by atoms with van der Waals surface area (Å²) >= 11 is 2.04. The van der Waals surface area contributed by atoms with Crippen molar-refractivity contribution in [1.29, 1.82) is 0 Å². The van der Waals surface area contributed by atoms with Crippen LogP contribution in [0, 0.1) is 0 Å². The van der Waals surface area contributed by atoms with Crippen LogP contribution in [0.5, 0.6) is 0 Å². The molecule has 4 heteroatoms. The van der Waals surface area contributed by atoms with Crippen LogP contribution in [0.15, 0.2) is 0 Å². The lowest BCUT2D eigenvalue weighted by molar-refractivity contribution is -0.0906. The molecule has 3 fully saturated rings. The second-order valence-electron chi connectivity index (χ2n) is 6.40. The first kappa shape index (κ1) is 14.2.